The molecule has 2 rings (SSSR count). The van der Waals surface area contributed by atoms with Crippen LogP contribution in [0.4, 0.5) is 0 Å². The van der Waals surface area contributed by atoms with Gasteiger partial charge >= 0.3 is 0 Å². The van der Waals surface area contributed by atoms with Gasteiger partial charge in [0.05, 0.1) is 12.2 Å². The molecule has 0 amide bonds. The second-order valence-electron chi connectivity index (χ2n) is 12.9. The molecule has 38 heavy (non-hydrogen) atoms. The van der Waals surface area contributed by atoms with E-state index in [1.807, 2.05) is 76.3 Å². The van der Waals surface area contributed by atoms with Crippen molar-refractivity contribution in [1.29, 1.82) is 0 Å². The van der Waals surface area contributed by atoms with Crippen LogP contribution in [0.1, 0.15) is 81.1 Å². The van der Waals surface area contributed by atoms with Crippen molar-refractivity contribution in [2.24, 2.45) is 21.7 Å². The Hall–Kier alpha value is -2.56. The fourth-order valence-electron chi connectivity index (χ4n) is 5.73. The first-order chi connectivity index (χ1) is 17.5. The van der Waals surface area contributed by atoms with Crippen molar-refractivity contribution in [3.8, 4) is 0 Å². The Bertz CT molecular complexity index is 1010. The molecule has 4 heteroatoms. The van der Waals surface area contributed by atoms with Crippen molar-refractivity contribution in [1.82, 2.24) is 0 Å². The molecule has 0 radical (unpaired) electrons. The van der Waals surface area contributed by atoms with Gasteiger partial charge in [-0.2, -0.15) is 0 Å². The summed E-state index contributed by atoms with van der Waals surface area (Å²) in [6, 6.07) is 0. The number of ketones is 2. The molecule has 0 aliphatic heterocycles. The van der Waals surface area contributed by atoms with Crippen LogP contribution in [0, 0.1) is 21.7 Å². The lowest BCUT2D eigenvalue weighted by Gasteiger charge is -2.35. The molecule has 0 spiro atoms. The molecule has 2 aliphatic carbocycles. The third-order valence-electron chi connectivity index (χ3n) is 9.12. The van der Waals surface area contributed by atoms with Crippen LogP contribution in [0.25, 0.3) is 0 Å². The third-order valence-corrected chi connectivity index (χ3v) is 9.12. The minimum atomic E-state index is -0.539. The van der Waals surface area contributed by atoms with Crippen LogP contribution >= 0.6 is 0 Å². The molecule has 4 nitrogen and oxygen atoms in total. The first-order valence-corrected chi connectivity index (χ1v) is 13.7. The maximum Gasteiger partial charge on any atom is 0.162 e. The standard InChI is InChI=1S/C34H48O4/c1-25(17-11-13-19-29(37)33(7)23-27(35)21-31(33,3)4)15-9-10-16-26(2)18-12-14-20-30(38)34(8)24-28(36)22-32(34,5)6/h9-20,27-28,35-36H,21-24H2,1-8H3/b10-9+,17-11+,18-12+,19-13+,20-14+,25-15+,26-16+/t27-,28-,33-,34-/m0/s1. The monoisotopic (exact) mass is 520 g/mol. The lowest BCUT2D eigenvalue weighted by Crippen LogP contribution is -2.36. The molecule has 0 aromatic heterocycles. The van der Waals surface area contributed by atoms with Crippen molar-refractivity contribution in [2.45, 2.75) is 93.3 Å². The lowest BCUT2D eigenvalue weighted by molar-refractivity contribution is -0.128. The molecule has 2 N–H and O–H groups in total. The predicted molar refractivity (Wildman–Crippen MR) is 157 cm³/mol. The lowest BCUT2D eigenvalue weighted by atomic mass is 9.67. The molecule has 0 aromatic rings. The highest BCUT2D eigenvalue weighted by molar-refractivity contribution is 5.96. The van der Waals surface area contributed by atoms with Crippen LogP contribution in [-0.4, -0.2) is 34.0 Å². The van der Waals surface area contributed by atoms with Gasteiger partial charge in [0.2, 0.25) is 0 Å². The first-order valence-electron chi connectivity index (χ1n) is 13.7. The maximum absolute atomic E-state index is 12.8. The van der Waals surface area contributed by atoms with E-state index in [1.165, 1.54) is 0 Å². The zero-order chi connectivity index (χ0) is 28.8. The number of aliphatic hydroxyl groups is 2. The molecule has 0 unspecified atom stereocenters. The molecule has 0 heterocycles. The van der Waals surface area contributed by atoms with Crippen LogP contribution in [-0.2, 0) is 9.59 Å². The van der Waals surface area contributed by atoms with E-state index in [2.05, 4.69) is 27.7 Å². The number of hydrogen-bond donors (Lipinski definition) is 2. The fraction of sp³-hybridized carbons (Fsp3) is 0.529. The molecule has 0 aromatic carbocycles. The highest BCUT2D eigenvalue weighted by atomic mass is 16.3. The predicted octanol–water partition coefficient (Wildman–Crippen LogP) is 7.17. The zero-order valence-corrected chi connectivity index (χ0v) is 24.6. The Labute approximate surface area is 230 Å². The van der Waals surface area contributed by atoms with E-state index < -0.39 is 23.0 Å². The fourth-order valence-corrected chi connectivity index (χ4v) is 5.73. The van der Waals surface area contributed by atoms with Crippen molar-refractivity contribution in [3.63, 3.8) is 0 Å². The van der Waals surface area contributed by atoms with Gasteiger partial charge in [-0.3, -0.25) is 9.59 Å². The van der Waals surface area contributed by atoms with E-state index in [4.69, 9.17) is 0 Å². The van der Waals surface area contributed by atoms with E-state index in [-0.39, 0.29) is 22.4 Å². The number of carbonyl (C=O) groups is 2. The molecule has 0 bridgehead atoms. The third kappa shape index (κ3) is 7.51. The van der Waals surface area contributed by atoms with Gasteiger partial charge in [0, 0.05) is 10.8 Å². The van der Waals surface area contributed by atoms with E-state index in [1.54, 1.807) is 24.3 Å². The molecular formula is C34H48O4. The molecule has 0 saturated heterocycles. The quantitative estimate of drug-likeness (QED) is 0.236. The average Bonchev–Trinajstić information content (AvgIpc) is 3.16. The van der Waals surface area contributed by atoms with Gasteiger partial charge < -0.3 is 10.2 Å². The summed E-state index contributed by atoms with van der Waals surface area (Å²) in [5.74, 6) is 0.127. The molecule has 2 aliphatic rings. The normalized spacial score (nSPS) is 32.2. The Morgan fingerprint density at radius 1 is 0.553 bits per heavy atom. The van der Waals surface area contributed by atoms with Gasteiger partial charge in [-0.25, -0.2) is 0 Å². The smallest absolute Gasteiger partial charge is 0.162 e. The summed E-state index contributed by atoms with van der Waals surface area (Å²) < 4.78 is 0. The summed E-state index contributed by atoms with van der Waals surface area (Å²) >= 11 is 0. The molecule has 4 atom stereocenters. The Morgan fingerprint density at radius 2 is 0.868 bits per heavy atom. The van der Waals surface area contributed by atoms with Gasteiger partial charge in [-0.1, -0.05) is 113 Å². The van der Waals surface area contributed by atoms with Crippen molar-refractivity contribution in [2.75, 3.05) is 0 Å². The number of aliphatic hydroxyl groups excluding tert-OH is 2. The highest BCUT2D eigenvalue weighted by Gasteiger charge is 2.53. The van der Waals surface area contributed by atoms with Crippen LogP contribution < -0.4 is 0 Å². The molecule has 2 saturated carbocycles. The minimum Gasteiger partial charge on any atom is -0.393 e. The first kappa shape index (κ1) is 31.7. The number of carbonyl (C=O) groups excluding carboxylic acids is 2. The van der Waals surface area contributed by atoms with Crippen molar-refractivity contribution in [3.05, 3.63) is 84.1 Å². The average molecular weight is 521 g/mol. The topological polar surface area (TPSA) is 74.6 Å². The molecular weight excluding hydrogens is 472 g/mol. The van der Waals surface area contributed by atoms with Gasteiger partial charge in [0.15, 0.2) is 11.6 Å². The summed E-state index contributed by atoms with van der Waals surface area (Å²) in [5.41, 5.74) is 0.589. The van der Waals surface area contributed by atoms with Crippen molar-refractivity contribution < 1.29 is 19.8 Å². The minimum absolute atomic E-state index is 0.0634. The van der Waals surface area contributed by atoms with E-state index in [0.29, 0.717) is 25.7 Å². The highest BCUT2D eigenvalue weighted by Crippen LogP contribution is 2.54. The Kier molecular flexibility index (Phi) is 10.4. The Morgan fingerprint density at radius 3 is 1.16 bits per heavy atom. The molecule has 208 valence electrons. The van der Waals surface area contributed by atoms with Gasteiger partial charge in [-0.05, 0) is 62.5 Å². The van der Waals surface area contributed by atoms with E-state index >= 15 is 0 Å². The van der Waals surface area contributed by atoms with Crippen LogP contribution in [0.15, 0.2) is 84.1 Å². The summed E-state index contributed by atoms with van der Waals surface area (Å²) in [6.07, 6.45) is 23.8. The Balaban J connectivity index is 1.86. The second kappa shape index (κ2) is 12.5. The van der Waals surface area contributed by atoms with Gasteiger partial charge in [0.25, 0.3) is 0 Å². The number of hydrogen-bond acceptors (Lipinski definition) is 4. The number of rotatable bonds is 10. The summed E-state index contributed by atoms with van der Waals surface area (Å²) in [6.45, 7) is 16.1. The zero-order valence-electron chi connectivity index (χ0n) is 24.6. The summed E-state index contributed by atoms with van der Waals surface area (Å²) in [7, 11) is 0. The largest absolute Gasteiger partial charge is 0.393 e. The summed E-state index contributed by atoms with van der Waals surface area (Å²) in [5, 5.41) is 20.1. The SMILES string of the molecule is CC(/C=C/C=C/C(=O)[C@]1(C)C[C@@H](O)CC1(C)C)=C\C=C\C=C(C)\C=C\C=C\C(=O)[C@]1(C)C[C@@H](O)CC1(C)C. The van der Waals surface area contributed by atoms with Gasteiger partial charge in [-0.15, -0.1) is 0 Å². The van der Waals surface area contributed by atoms with Crippen LogP contribution in [0.2, 0.25) is 0 Å². The van der Waals surface area contributed by atoms with Crippen LogP contribution in [0.3, 0.4) is 0 Å². The van der Waals surface area contributed by atoms with Crippen molar-refractivity contribution >= 4 is 11.6 Å². The number of allylic oxidation sites excluding steroid dienone is 14. The van der Waals surface area contributed by atoms with E-state index in [9.17, 15) is 19.8 Å². The second-order valence-corrected chi connectivity index (χ2v) is 12.9. The molecule has 2 fully saturated rings. The summed E-state index contributed by atoms with van der Waals surface area (Å²) in [4.78, 5) is 25.6. The van der Waals surface area contributed by atoms with E-state index in [0.717, 1.165) is 11.1 Å². The van der Waals surface area contributed by atoms with Gasteiger partial charge in [0.1, 0.15) is 0 Å². The van der Waals surface area contributed by atoms with Crippen LogP contribution in [0.5, 0.6) is 0 Å². The maximum atomic E-state index is 12.8.